The van der Waals surface area contributed by atoms with Gasteiger partial charge in [-0.1, -0.05) is 12.1 Å². The Labute approximate surface area is 206 Å². The van der Waals surface area contributed by atoms with Gasteiger partial charge in [0.15, 0.2) is 5.82 Å². The Morgan fingerprint density at radius 3 is 2.43 bits per heavy atom. The van der Waals surface area contributed by atoms with Crippen LogP contribution in [0.15, 0.2) is 54.7 Å². The fourth-order valence-electron chi connectivity index (χ4n) is 5.64. The Bertz CT molecular complexity index is 1460. The smallest absolute Gasteiger partial charge is 0.161 e. The number of benzene rings is 2. The second-order valence-electron chi connectivity index (χ2n) is 10.1. The van der Waals surface area contributed by atoms with Crippen LogP contribution in [-0.4, -0.2) is 39.3 Å². The minimum Gasteiger partial charge on any atom is -0.368 e. The summed E-state index contributed by atoms with van der Waals surface area (Å²) in [5, 5.41) is 12.8. The van der Waals surface area contributed by atoms with E-state index in [0.29, 0.717) is 17.6 Å². The van der Waals surface area contributed by atoms with Crippen LogP contribution in [-0.2, 0) is 6.54 Å². The summed E-state index contributed by atoms with van der Waals surface area (Å²) in [6.45, 7) is 11.6. The second-order valence-corrected chi connectivity index (χ2v) is 10.1. The number of nitriles is 1. The van der Waals surface area contributed by atoms with E-state index in [2.05, 4.69) is 83.6 Å². The number of rotatable bonds is 2. The van der Waals surface area contributed by atoms with E-state index in [4.69, 9.17) is 10.2 Å². The first-order valence-electron chi connectivity index (χ1n) is 12.3. The van der Waals surface area contributed by atoms with E-state index in [-0.39, 0.29) is 0 Å². The van der Waals surface area contributed by atoms with Crippen molar-refractivity contribution in [2.75, 3.05) is 18.0 Å². The number of nitrogens with zero attached hydrogens (tertiary/aromatic N) is 5. The van der Waals surface area contributed by atoms with Crippen LogP contribution in [0.4, 0.5) is 5.69 Å². The van der Waals surface area contributed by atoms with Gasteiger partial charge in [0.05, 0.1) is 28.7 Å². The van der Waals surface area contributed by atoms with Crippen LogP contribution in [0.1, 0.15) is 36.4 Å². The third kappa shape index (κ3) is 3.64. The fourth-order valence-corrected chi connectivity index (χ4v) is 5.64. The summed E-state index contributed by atoms with van der Waals surface area (Å²) in [6.07, 6.45) is 2.22. The molecule has 35 heavy (non-hydrogen) atoms. The molecule has 2 aromatic carbocycles. The zero-order valence-electron chi connectivity index (χ0n) is 20.7. The molecule has 2 aromatic heterocycles. The zero-order chi connectivity index (χ0) is 24.3. The van der Waals surface area contributed by atoms with Crippen molar-refractivity contribution in [3.05, 3.63) is 77.2 Å². The van der Waals surface area contributed by atoms with Crippen LogP contribution in [0.3, 0.4) is 0 Å². The molecule has 1 N–H and O–H groups in total. The van der Waals surface area contributed by atoms with Gasteiger partial charge in [0.1, 0.15) is 0 Å². The van der Waals surface area contributed by atoms with Gasteiger partial charge in [-0.15, -0.1) is 0 Å². The lowest BCUT2D eigenvalue weighted by Gasteiger charge is -2.38. The third-order valence-electron chi connectivity index (χ3n) is 7.38. The molecule has 0 saturated carbocycles. The Hall–Kier alpha value is -3.82. The topological polar surface area (TPSA) is 61.8 Å². The van der Waals surface area contributed by atoms with Crippen molar-refractivity contribution in [3.8, 4) is 34.4 Å². The maximum absolute atomic E-state index is 9.17. The Balaban J connectivity index is 1.47. The summed E-state index contributed by atoms with van der Waals surface area (Å²) in [6, 6.07) is 20.1. The molecule has 1 fully saturated rings. The van der Waals surface area contributed by atoms with Crippen molar-refractivity contribution >= 4 is 5.69 Å². The molecule has 6 heteroatoms. The van der Waals surface area contributed by atoms with Crippen LogP contribution >= 0.6 is 0 Å². The molecule has 0 bridgehead atoms. The molecule has 2 aliphatic heterocycles. The highest BCUT2D eigenvalue weighted by molar-refractivity contribution is 5.73. The van der Waals surface area contributed by atoms with Gasteiger partial charge in [0.2, 0.25) is 0 Å². The number of piperazine rings is 1. The fraction of sp³-hybridized carbons (Fsp3) is 0.310. The second kappa shape index (κ2) is 8.14. The van der Waals surface area contributed by atoms with E-state index in [0.717, 1.165) is 48.0 Å². The lowest BCUT2D eigenvalue weighted by molar-refractivity contribution is 0.407. The molecule has 0 radical (unpaired) electrons. The first kappa shape index (κ1) is 21.7. The van der Waals surface area contributed by atoms with Crippen molar-refractivity contribution in [1.82, 2.24) is 19.4 Å². The standard InChI is InChI=1S/C29H30N6/c1-18-14-33(15-19(2)31-18)26-9-10-27-25(11-26)17-34-16-24(23-7-5-22(13-30)6-8-23)12-28(34)29-32-20(3)21(4)35(27)29/h5-12,16,18-19,31H,14-15,17H2,1-4H3/t18-,19?/m1/s1. The van der Waals surface area contributed by atoms with Crippen molar-refractivity contribution < 1.29 is 0 Å². The summed E-state index contributed by atoms with van der Waals surface area (Å²) in [5.74, 6) is 0.982. The van der Waals surface area contributed by atoms with Gasteiger partial charge in [0, 0.05) is 54.9 Å². The van der Waals surface area contributed by atoms with Crippen molar-refractivity contribution in [3.63, 3.8) is 0 Å². The largest absolute Gasteiger partial charge is 0.368 e. The number of aryl methyl sites for hydroxylation is 1. The number of hydrogen-bond donors (Lipinski definition) is 1. The van der Waals surface area contributed by atoms with Gasteiger partial charge in [-0.2, -0.15) is 5.26 Å². The van der Waals surface area contributed by atoms with Crippen LogP contribution in [0.2, 0.25) is 0 Å². The highest BCUT2D eigenvalue weighted by atomic mass is 15.2. The molecule has 1 saturated heterocycles. The summed E-state index contributed by atoms with van der Waals surface area (Å²) in [7, 11) is 0. The van der Waals surface area contributed by atoms with Crippen molar-refractivity contribution in [2.24, 2.45) is 0 Å². The van der Waals surface area contributed by atoms with Crippen LogP contribution in [0, 0.1) is 25.2 Å². The van der Waals surface area contributed by atoms with Gasteiger partial charge in [-0.25, -0.2) is 4.98 Å². The molecular weight excluding hydrogens is 432 g/mol. The molecule has 6 rings (SSSR count). The predicted molar refractivity (Wildman–Crippen MR) is 140 cm³/mol. The van der Waals surface area contributed by atoms with Crippen LogP contribution < -0.4 is 10.2 Å². The monoisotopic (exact) mass is 462 g/mol. The molecule has 4 heterocycles. The Morgan fingerprint density at radius 2 is 1.71 bits per heavy atom. The van der Waals surface area contributed by atoms with E-state index in [1.807, 2.05) is 24.3 Å². The molecular formula is C29H30N6. The van der Waals surface area contributed by atoms with Crippen molar-refractivity contribution in [2.45, 2.75) is 46.3 Å². The molecule has 176 valence electrons. The maximum atomic E-state index is 9.17. The van der Waals surface area contributed by atoms with E-state index in [1.54, 1.807) is 0 Å². The highest BCUT2D eigenvalue weighted by Gasteiger charge is 2.26. The molecule has 1 unspecified atom stereocenters. The molecule has 2 atom stereocenters. The highest BCUT2D eigenvalue weighted by Crippen LogP contribution is 2.37. The van der Waals surface area contributed by atoms with Crippen LogP contribution in [0.25, 0.3) is 28.3 Å². The summed E-state index contributed by atoms with van der Waals surface area (Å²) >= 11 is 0. The minimum atomic E-state index is 0.466. The zero-order valence-corrected chi connectivity index (χ0v) is 20.7. The normalized spacial score (nSPS) is 18.9. The number of aromatic nitrogens is 3. The van der Waals surface area contributed by atoms with Crippen molar-refractivity contribution in [1.29, 1.82) is 5.26 Å². The quantitative estimate of drug-likeness (QED) is 0.399. The number of nitrogens with one attached hydrogen (secondary N) is 1. The minimum absolute atomic E-state index is 0.466. The number of imidazole rings is 1. The number of anilines is 1. The summed E-state index contributed by atoms with van der Waals surface area (Å²) in [4.78, 5) is 7.50. The maximum Gasteiger partial charge on any atom is 0.161 e. The van der Waals surface area contributed by atoms with Gasteiger partial charge in [-0.05, 0) is 75.2 Å². The van der Waals surface area contributed by atoms with E-state index < -0.39 is 0 Å². The Kier molecular flexibility index (Phi) is 5.05. The summed E-state index contributed by atoms with van der Waals surface area (Å²) in [5.41, 5.74) is 10.0. The van der Waals surface area contributed by atoms with E-state index >= 15 is 0 Å². The average Bonchev–Trinajstić information content (AvgIpc) is 3.35. The lowest BCUT2D eigenvalue weighted by atomic mass is 10.1. The Morgan fingerprint density at radius 1 is 0.971 bits per heavy atom. The van der Waals surface area contributed by atoms with E-state index in [1.165, 1.54) is 22.6 Å². The van der Waals surface area contributed by atoms with Gasteiger partial charge in [-0.3, -0.25) is 4.57 Å². The summed E-state index contributed by atoms with van der Waals surface area (Å²) < 4.78 is 4.64. The predicted octanol–water partition coefficient (Wildman–Crippen LogP) is 5.04. The molecule has 0 spiro atoms. The van der Waals surface area contributed by atoms with Gasteiger partial charge >= 0.3 is 0 Å². The molecule has 6 nitrogen and oxygen atoms in total. The number of fused-ring (bicyclic) bond motifs is 5. The lowest BCUT2D eigenvalue weighted by Crippen LogP contribution is -2.54. The average molecular weight is 463 g/mol. The first-order valence-corrected chi connectivity index (χ1v) is 12.3. The van der Waals surface area contributed by atoms with Gasteiger partial charge < -0.3 is 14.8 Å². The molecule has 0 aliphatic carbocycles. The SMILES string of the molecule is Cc1nc2n(c1C)-c1ccc(N3CC(C)N[C@H](C)C3)cc1Cn1cc(-c3ccc(C#N)cc3)cc1-2. The molecule has 2 aliphatic rings. The molecule has 0 amide bonds. The van der Waals surface area contributed by atoms with Gasteiger partial charge in [0.25, 0.3) is 0 Å². The first-order chi connectivity index (χ1) is 16.9. The van der Waals surface area contributed by atoms with E-state index in [9.17, 15) is 0 Å². The third-order valence-corrected chi connectivity index (χ3v) is 7.38. The molecule has 4 aromatic rings. The number of hydrogen-bond acceptors (Lipinski definition) is 4. The van der Waals surface area contributed by atoms with Crippen LogP contribution in [0.5, 0.6) is 0 Å².